The fourth-order valence-electron chi connectivity index (χ4n) is 5.43. The molecule has 2 heterocycles. The lowest BCUT2D eigenvalue weighted by atomic mass is 9.84. The van der Waals surface area contributed by atoms with E-state index in [0.29, 0.717) is 12.7 Å². The van der Waals surface area contributed by atoms with Crippen molar-refractivity contribution in [3.05, 3.63) is 65.2 Å². The zero-order chi connectivity index (χ0) is 18.4. The van der Waals surface area contributed by atoms with E-state index < -0.39 is 0 Å². The van der Waals surface area contributed by atoms with E-state index in [2.05, 4.69) is 64.5 Å². The molecule has 0 saturated carbocycles. The minimum Gasteiger partial charge on any atom is -0.339 e. The highest BCUT2D eigenvalue weighted by atomic mass is 16.2. The maximum absolute atomic E-state index is 12.8. The molecular weight excluding hydrogens is 334 g/mol. The van der Waals surface area contributed by atoms with Crippen molar-refractivity contribution in [2.75, 3.05) is 24.7 Å². The lowest BCUT2D eigenvalue weighted by Gasteiger charge is -2.45. The molecule has 1 unspecified atom stereocenters. The highest BCUT2D eigenvalue weighted by molar-refractivity contribution is 5.93. The highest BCUT2D eigenvalue weighted by Crippen LogP contribution is 2.42. The lowest BCUT2D eigenvalue weighted by molar-refractivity contribution is -0.125. The van der Waals surface area contributed by atoms with Gasteiger partial charge in [-0.2, -0.15) is 0 Å². The van der Waals surface area contributed by atoms with Crippen LogP contribution in [0, 0.1) is 6.92 Å². The third-order valence-corrected chi connectivity index (χ3v) is 6.94. The van der Waals surface area contributed by atoms with Gasteiger partial charge >= 0.3 is 0 Å². The summed E-state index contributed by atoms with van der Waals surface area (Å²) in [6, 6.07) is 17.6. The summed E-state index contributed by atoms with van der Waals surface area (Å²) < 4.78 is 0. The van der Waals surface area contributed by atoms with Crippen molar-refractivity contribution >= 4 is 11.6 Å². The molecule has 3 aliphatic rings. The average Bonchev–Trinajstić information content (AvgIpc) is 3.27. The predicted octanol–water partition coefficient (Wildman–Crippen LogP) is 3.41. The number of nitrogens with zero attached hydrogens (tertiary/aromatic N) is 2. The molecule has 0 aromatic heterocycles. The monoisotopic (exact) mass is 361 g/mol. The van der Waals surface area contributed by atoms with Gasteiger partial charge in [-0.05, 0) is 61.4 Å². The van der Waals surface area contributed by atoms with Crippen molar-refractivity contribution in [3.63, 3.8) is 0 Å². The first-order chi connectivity index (χ1) is 13.2. The topological polar surface area (TPSA) is 35.6 Å². The number of nitrogens with one attached hydrogen (secondary N) is 1. The lowest BCUT2D eigenvalue weighted by Crippen LogP contribution is -2.56. The van der Waals surface area contributed by atoms with E-state index in [4.69, 9.17) is 0 Å². The van der Waals surface area contributed by atoms with Crippen molar-refractivity contribution < 1.29 is 4.79 Å². The molecule has 140 valence electrons. The fraction of sp³-hybridized carbons (Fsp3) is 0.435. The number of hydrogen-bond donors (Lipinski definition) is 1. The Morgan fingerprint density at radius 1 is 1.04 bits per heavy atom. The number of anilines is 1. The normalized spacial score (nSPS) is 24.3. The number of carbonyl (C=O) groups excluding carboxylic acids is 1. The predicted molar refractivity (Wildman–Crippen MR) is 108 cm³/mol. The van der Waals surface area contributed by atoms with Gasteiger partial charge in [0.25, 0.3) is 0 Å². The molecule has 2 saturated heterocycles. The van der Waals surface area contributed by atoms with Gasteiger partial charge in [0.15, 0.2) is 0 Å². The second kappa shape index (κ2) is 6.38. The van der Waals surface area contributed by atoms with Gasteiger partial charge < -0.3 is 10.2 Å². The first kappa shape index (κ1) is 16.8. The largest absolute Gasteiger partial charge is 0.339 e. The number of amides is 1. The van der Waals surface area contributed by atoms with Crippen LogP contribution in [0.25, 0.3) is 0 Å². The second-order valence-electron chi connectivity index (χ2n) is 8.19. The molecule has 1 N–H and O–H groups in total. The molecule has 2 fully saturated rings. The molecule has 1 aliphatic carbocycles. The Hall–Kier alpha value is -2.33. The van der Waals surface area contributed by atoms with Gasteiger partial charge in [0.2, 0.25) is 5.91 Å². The Bertz CT molecular complexity index is 855. The van der Waals surface area contributed by atoms with Crippen molar-refractivity contribution in [3.8, 4) is 0 Å². The summed E-state index contributed by atoms with van der Waals surface area (Å²) in [7, 11) is 0. The minimum absolute atomic E-state index is 0.202. The van der Waals surface area contributed by atoms with Crippen LogP contribution in [-0.2, 0) is 11.2 Å². The molecule has 0 bridgehead atoms. The van der Waals surface area contributed by atoms with E-state index in [1.165, 1.54) is 24.0 Å². The zero-order valence-electron chi connectivity index (χ0n) is 15.9. The maximum Gasteiger partial charge on any atom is 0.247 e. The Morgan fingerprint density at radius 3 is 2.59 bits per heavy atom. The van der Waals surface area contributed by atoms with Crippen LogP contribution in [0.3, 0.4) is 0 Å². The summed E-state index contributed by atoms with van der Waals surface area (Å²) >= 11 is 0. The number of piperidine rings is 1. The smallest absolute Gasteiger partial charge is 0.247 e. The van der Waals surface area contributed by atoms with Gasteiger partial charge in [0.1, 0.15) is 5.54 Å². The average molecular weight is 361 g/mol. The van der Waals surface area contributed by atoms with Crippen LogP contribution in [0.15, 0.2) is 48.5 Å². The molecule has 5 rings (SSSR count). The number of hydrogen-bond acceptors (Lipinski definition) is 3. The molecule has 1 spiro atoms. The number of carbonyl (C=O) groups is 1. The Balaban J connectivity index is 1.37. The maximum atomic E-state index is 12.8. The minimum atomic E-state index is -0.383. The van der Waals surface area contributed by atoms with E-state index in [1.807, 2.05) is 6.07 Å². The number of likely N-dealkylation sites (tertiary alicyclic amines) is 1. The van der Waals surface area contributed by atoms with Gasteiger partial charge in [0.05, 0.1) is 6.67 Å². The second-order valence-corrected chi connectivity index (χ2v) is 8.19. The van der Waals surface area contributed by atoms with Gasteiger partial charge in [0, 0.05) is 24.8 Å². The molecule has 4 nitrogen and oxygen atoms in total. The standard InChI is InChI=1S/C23H27N3O/c1-17-6-5-9-20-19(17)10-11-21(20)25-14-12-23(13-15-25)22(27)24-16-26(23)18-7-3-2-4-8-18/h2-9,21H,10-16H2,1H3,(H,24,27). The first-order valence-corrected chi connectivity index (χ1v) is 10.1. The third kappa shape index (κ3) is 2.58. The van der Waals surface area contributed by atoms with Crippen LogP contribution in [0.5, 0.6) is 0 Å². The molecule has 2 aromatic carbocycles. The number of aryl methyl sites for hydroxylation is 1. The van der Waals surface area contributed by atoms with E-state index >= 15 is 0 Å². The van der Waals surface area contributed by atoms with Crippen LogP contribution in [-0.4, -0.2) is 36.1 Å². The van der Waals surface area contributed by atoms with Crippen LogP contribution >= 0.6 is 0 Å². The van der Waals surface area contributed by atoms with Gasteiger partial charge in [-0.15, -0.1) is 0 Å². The Morgan fingerprint density at radius 2 is 1.81 bits per heavy atom. The summed E-state index contributed by atoms with van der Waals surface area (Å²) in [5.41, 5.74) is 5.25. The van der Waals surface area contributed by atoms with E-state index in [1.54, 1.807) is 5.56 Å². The molecule has 1 atom stereocenters. The molecule has 2 aromatic rings. The SMILES string of the molecule is Cc1cccc2c1CCC2N1CCC2(CC1)C(=O)NCN2c1ccccc1. The summed E-state index contributed by atoms with van der Waals surface area (Å²) in [4.78, 5) is 17.7. The van der Waals surface area contributed by atoms with Crippen LogP contribution in [0.2, 0.25) is 0 Å². The molecule has 27 heavy (non-hydrogen) atoms. The van der Waals surface area contributed by atoms with Crippen molar-refractivity contribution in [2.45, 2.75) is 44.2 Å². The number of benzene rings is 2. The van der Waals surface area contributed by atoms with Crippen LogP contribution in [0.1, 0.15) is 42.0 Å². The van der Waals surface area contributed by atoms with Crippen molar-refractivity contribution in [1.29, 1.82) is 0 Å². The van der Waals surface area contributed by atoms with Crippen LogP contribution in [0.4, 0.5) is 5.69 Å². The molecular formula is C23H27N3O. The van der Waals surface area contributed by atoms with Gasteiger partial charge in [-0.1, -0.05) is 36.4 Å². The number of fused-ring (bicyclic) bond motifs is 1. The Labute approximate surface area is 161 Å². The van der Waals surface area contributed by atoms with E-state index in [0.717, 1.165) is 31.6 Å². The third-order valence-electron chi connectivity index (χ3n) is 6.94. The van der Waals surface area contributed by atoms with Gasteiger partial charge in [-0.3, -0.25) is 9.69 Å². The molecule has 0 radical (unpaired) electrons. The van der Waals surface area contributed by atoms with E-state index in [-0.39, 0.29) is 11.4 Å². The number of para-hydroxylation sites is 1. The summed E-state index contributed by atoms with van der Waals surface area (Å²) in [5.74, 6) is 0.202. The quantitative estimate of drug-likeness (QED) is 0.890. The van der Waals surface area contributed by atoms with Crippen LogP contribution < -0.4 is 10.2 Å². The van der Waals surface area contributed by atoms with Crippen molar-refractivity contribution in [1.82, 2.24) is 10.2 Å². The number of rotatable bonds is 2. The van der Waals surface area contributed by atoms with E-state index in [9.17, 15) is 4.79 Å². The summed E-state index contributed by atoms with van der Waals surface area (Å²) in [6.45, 7) is 4.81. The zero-order valence-corrected chi connectivity index (χ0v) is 15.9. The fourth-order valence-corrected chi connectivity index (χ4v) is 5.43. The molecule has 4 heteroatoms. The molecule has 1 amide bonds. The summed E-state index contributed by atoms with van der Waals surface area (Å²) in [6.07, 6.45) is 4.18. The van der Waals surface area contributed by atoms with Gasteiger partial charge in [-0.25, -0.2) is 0 Å². The molecule has 2 aliphatic heterocycles. The Kier molecular flexibility index (Phi) is 3.97. The van der Waals surface area contributed by atoms with Crippen molar-refractivity contribution in [2.24, 2.45) is 0 Å². The summed E-state index contributed by atoms with van der Waals surface area (Å²) in [5, 5.41) is 3.10. The highest BCUT2D eigenvalue weighted by Gasteiger charge is 2.51. The first-order valence-electron chi connectivity index (χ1n) is 10.1.